The van der Waals surface area contributed by atoms with Gasteiger partial charge in [-0.1, -0.05) is 6.07 Å². The van der Waals surface area contributed by atoms with Gasteiger partial charge in [0.2, 0.25) is 5.91 Å². The molecule has 0 aromatic carbocycles. The Morgan fingerprint density at radius 1 is 1.19 bits per heavy atom. The number of hydrogen-bond acceptors (Lipinski definition) is 3. The van der Waals surface area contributed by atoms with Crippen molar-refractivity contribution in [1.29, 1.82) is 0 Å². The van der Waals surface area contributed by atoms with Crippen LogP contribution in [0.5, 0.6) is 0 Å². The third-order valence-corrected chi connectivity index (χ3v) is 5.77. The molecule has 1 unspecified atom stereocenters. The van der Waals surface area contributed by atoms with E-state index in [4.69, 9.17) is 0 Å². The molecule has 26 heavy (non-hydrogen) atoms. The summed E-state index contributed by atoms with van der Waals surface area (Å²) < 4.78 is 0. The molecular formula is C20H24N4O2. The van der Waals surface area contributed by atoms with Gasteiger partial charge in [-0.25, -0.2) is 0 Å². The van der Waals surface area contributed by atoms with Gasteiger partial charge in [-0.3, -0.25) is 14.6 Å². The van der Waals surface area contributed by atoms with E-state index in [1.54, 1.807) is 12.4 Å². The summed E-state index contributed by atoms with van der Waals surface area (Å²) in [6.07, 6.45) is 9.55. The standard InChI is InChI=1S/C20H24N4O2/c25-18-6-8-20(24(18)15-16-4-1-10-21-14-16)7-3-12-23(13-9-20)19(26)17-5-2-11-22-17/h1-2,4-5,10-11,14,22H,3,6-9,12-13,15H2. The van der Waals surface area contributed by atoms with Crippen LogP contribution in [0.15, 0.2) is 42.9 Å². The largest absolute Gasteiger partial charge is 0.357 e. The number of nitrogens with zero attached hydrogens (tertiary/aromatic N) is 3. The second-order valence-electron chi connectivity index (χ2n) is 7.30. The molecule has 4 rings (SSSR count). The van der Waals surface area contributed by atoms with Crippen molar-refractivity contribution in [1.82, 2.24) is 19.8 Å². The highest BCUT2D eigenvalue weighted by atomic mass is 16.2. The number of carbonyl (C=O) groups is 2. The summed E-state index contributed by atoms with van der Waals surface area (Å²) in [5, 5.41) is 0. The minimum Gasteiger partial charge on any atom is -0.357 e. The van der Waals surface area contributed by atoms with Crippen molar-refractivity contribution in [3.8, 4) is 0 Å². The quantitative estimate of drug-likeness (QED) is 0.923. The fourth-order valence-corrected chi connectivity index (χ4v) is 4.34. The summed E-state index contributed by atoms with van der Waals surface area (Å²) in [6.45, 7) is 2.04. The molecule has 1 spiro atoms. The van der Waals surface area contributed by atoms with Crippen molar-refractivity contribution in [2.75, 3.05) is 13.1 Å². The molecule has 0 saturated carbocycles. The number of pyridine rings is 1. The molecular weight excluding hydrogens is 328 g/mol. The molecule has 136 valence electrons. The smallest absolute Gasteiger partial charge is 0.270 e. The van der Waals surface area contributed by atoms with Gasteiger partial charge in [0.1, 0.15) is 5.69 Å². The molecule has 6 nitrogen and oxygen atoms in total. The second-order valence-corrected chi connectivity index (χ2v) is 7.30. The van der Waals surface area contributed by atoms with Crippen molar-refractivity contribution >= 4 is 11.8 Å². The van der Waals surface area contributed by atoms with Crippen LogP contribution >= 0.6 is 0 Å². The van der Waals surface area contributed by atoms with Crippen LogP contribution in [-0.2, 0) is 11.3 Å². The lowest BCUT2D eigenvalue weighted by atomic mass is 9.87. The molecule has 2 fully saturated rings. The van der Waals surface area contributed by atoms with Gasteiger partial charge < -0.3 is 14.8 Å². The first-order chi connectivity index (χ1) is 12.7. The van der Waals surface area contributed by atoms with E-state index in [1.807, 2.05) is 40.3 Å². The van der Waals surface area contributed by atoms with Crippen molar-refractivity contribution in [3.63, 3.8) is 0 Å². The third-order valence-electron chi connectivity index (χ3n) is 5.77. The Hall–Kier alpha value is -2.63. The maximum absolute atomic E-state index is 12.7. The molecule has 2 aliphatic rings. The fourth-order valence-electron chi connectivity index (χ4n) is 4.34. The summed E-state index contributed by atoms with van der Waals surface area (Å²) in [5.41, 5.74) is 1.57. The van der Waals surface area contributed by atoms with E-state index in [9.17, 15) is 9.59 Å². The molecule has 2 saturated heterocycles. The van der Waals surface area contributed by atoms with E-state index in [1.165, 1.54) is 0 Å². The van der Waals surface area contributed by atoms with Crippen LogP contribution in [0, 0.1) is 0 Å². The fraction of sp³-hybridized carbons (Fsp3) is 0.450. The number of likely N-dealkylation sites (tertiary alicyclic amines) is 2. The molecule has 2 amide bonds. The molecule has 0 bridgehead atoms. The predicted molar refractivity (Wildman–Crippen MR) is 97.3 cm³/mol. The molecule has 6 heteroatoms. The predicted octanol–water partition coefficient (Wildman–Crippen LogP) is 2.60. The van der Waals surface area contributed by atoms with Crippen LogP contribution in [-0.4, -0.2) is 50.2 Å². The molecule has 0 aliphatic carbocycles. The van der Waals surface area contributed by atoms with Crippen LogP contribution in [0.1, 0.15) is 48.2 Å². The van der Waals surface area contributed by atoms with Gasteiger partial charge in [0.05, 0.1) is 0 Å². The molecule has 2 aromatic rings. The normalized spacial score (nSPS) is 23.5. The Bertz CT molecular complexity index is 774. The first-order valence-electron chi connectivity index (χ1n) is 9.30. The summed E-state index contributed by atoms with van der Waals surface area (Å²) >= 11 is 0. The lowest BCUT2D eigenvalue weighted by Gasteiger charge is -2.38. The van der Waals surface area contributed by atoms with Gasteiger partial charge in [-0.2, -0.15) is 0 Å². The number of rotatable bonds is 3. The number of hydrogen-bond donors (Lipinski definition) is 1. The van der Waals surface area contributed by atoms with Gasteiger partial charge in [0, 0.05) is 50.2 Å². The van der Waals surface area contributed by atoms with Crippen LogP contribution in [0.25, 0.3) is 0 Å². The van der Waals surface area contributed by atoms with Crippen molar-refractivity contribution in [2.24, 2.45) is 0 Å². The summed E-state index contributed by atoms with van der Waals surface area (Å²) in [4.78, 5) is 36.4. The molecule has 1 N–H and O–H groups in total. The number of carbonyl (C=O) groups excluding carboxylic acids is 2. The van der Waals surface area contributed by atoms with E-state index in [0.717, 1.165) is 37.8 Å². The van der Waals surface area contributed by atoms with Gasteiger partial charge in [0.25, 0.3) is 5.91 Å². The van der Waals surface area contributed by atoms with Gasteiger partial charge >= 0.3 is 0 Å². The maximum atomic E-state index is 12.7. The Morgan fingerprint density at radius 2 is 2.12 bits per heavy atom. The molecule has 4 heterocycles. The molecule has 2 aromatic heterocycles. The Kier molecular flexibility index (Phi) is 4.49. The van der Waals surface area contributed by atoms with Gasteiger partial charge in [0.15, 0.2) is 0 Å². The minimum absolute atomic E-state index is 0.0511. The lowest BCUT2D eigenvalue weighted by molar-refractivity contribution is -0.132. The minimum atomic E-state index is -0.127. The Balaban J connectivity index is 1.50. The van der Waals surface area contributed by atoms with Gasteiger partial charge in [-0.05, 0) is 49.4 Å². The van der Waals surface area contributed by atoms with E-state index in [-0.39, 0.29) is 17.4 Å². The number of H-pyrrole nitrogens is 1. The Labute approximate surface area is 153 Å². The third kappa shape index (κ3) is 3.11. The zero-order valence-electron chi connectivity index (χ0n) is 14.9. The van der Waals surface area contributed by atoms with E-state index in [0.29, 0.717) is 25.2 Å². The molecule has 0 radical (unpaired) electrons. The van der Waals surface area contributed by atoms with Crippen molar-refractivity contribution < 1.29 is 9.59 Å². The summed E-state index contributed by atoms with van der Waals surface area (Å²) in [7, 11) is 0. The number of amides is 2. The van der Waals surface area contributed by atoms with Crippen LogP contribution < -0.4 is 0 Å². The van der Waals surface area contributed by atoms with Crippen molar-refractivity contribution in [2.45, 2.75) is 44.2 Å². The highest BCUT2D eigenvalue weighted by molar-refractivity contribution is 5.92. The number of aromatic nitrogens is 2. The highest BCUT2D eigenvalue weighted by Gasteiger charge is 2.45. The highest BCUT2D eigenvalue weighted by Crippen LogP contribution is 2.40. The first kappa shape index (κ1) is 16.8. The van der Waals surface area contributed by atoms with E-state index >= 15 is 0 Å². The maximum Gasteiger partial charge on any atom is 0.270 e. The zero-order chi connectivity index (χ0) is 18.0. The van der Waals surface area contributed by atoms with Crippen LogP contribution in [0.4, 0.5) is 0 Å². The first-order valence-corrected chi connectivity index (χ1v) is 9.30. The number of nitrogens with one attached hydrogen (secondary N) is 1. The van der Waals surface area contributed by atoms with Gasteiger partial charge in [-0.15, -0.1) is 0 Å². The molecule has 1 atom stereocenters. The van der Waals surface area contributed by atoms with Crippen molar-refractivity contribution in [3.05, 3.63) is 54.1 Å². The zero-order valence-corrected chi connectivity index (χ0v) is 14.9. The topological polar surface area (TPSA) is 69.3 Å². The number of aromatic amines is 1. The Morgan fingerprint density at radius 3 is 2.88 bits per heavy atom. The van der Waals surface area contributed by atoms with E-state index in [2.05, 4.69) is 9.97 Å². The second kappa shape index (κ2) is 6.94. The van der Waals surface area contributed by atoms with Crippen LogP contribution in [0.2, 0.25) is 0 Å². The average molecular weight is 352 g/mol. The summed E-state index contributed by atoms with van der Waals surface area (Å²) in [5.74, 6) is 0.271. The van der Waals surface area contributed by atoms with Crippen LogP contribution in [0.3, 0.4) is 0 Å². The summed E-state index contributed by atoms with van der Waals surface area (Å²) in [6, 6.07) is 7.59. The monoisotopic (exact) mass is 352 g/mol. The SMILES string of the molecule is O=C(c1ccc[nH]1)N1CCCC2(CCC(=O)N2Cc2cccnc2)CC1. The lowest BCUT2D eigenvalue weighted by Crippen LogP contribution is -2.46. The van der Waals surface area contributed by atoms with E-state index < -0.39 is 0 Å². The average Bonchev–Trinajstić information content (AvgIpc) is 3.23. The molecule has 2 aliphatic heterocycles.